The van der Waals surface area contributed by atoms with Gasteiger partial charge in [0.1, 0.15) is 0 Å². The lowest BCUT2D eigenvalue weighted by Gasteiger charge is -2.30. The van der Waals surface area contributed by atoms with E-state index in [-0.39, 0.29) is 18.5 Å². The van der Waals surface area contributed by atoms with Crippen LogP contribution < -0.4 is 4.31 Å². The number of anilines is 1. The molecule has 0 spiro atoms. The van der Waals surface area contributed by atoms with Crippen molar-refractivity contribution in [2.75, 3.05) is 36.7 Å². The number of fused-ring (bicyclic) bond motifs is 2. The van der Waals surface area contributed by atoms with Crippen molar-refractivity contribution in [3.05, 3.63) is 51.8 Å². The Hall–Kier alpha value is -2.69. The van der Waals surface area contributed by atoms with E-state index in [2.05, 4.69) is 28.9 Å². The maximum atomic E-state index is 14.3. The van der Waals surface area contributed by atoms with Crippen molar-refractivity contribution in [1.82, 2.24) is 19.9 Å². The van der Waals surface area contributed by atoms with Crippen molar-refractivity contribution in [3.8, 4) is 0 Å². The van der Waals surface area contributed by atoms with Crippen LogP contribution in [0.25, 0.3) is 11.1 Å². The summed E-state index contributed by atoms with van der Waals surface area (Å²) in [5, 5.41) is 5.16. The molecular formula is C27H34ClN5O4S. The smallest absolute Gasteiger partial charge is 0.259 e. The number of pyridine rings is 1. The van der Waals surface area contributed by atoms with Gasteiger partial charge in [0, 0.05) is 55.4 Å². The monoisotopic (exact) mass is 559 g/mol. The fourth-order valence-corrected chi connectivity index (χ4v) is 6.32. The Labute approximate surface area is 228 Å². The zero-order valence-corrected chi connectivity index (χ0v) is 23.8. The Kier molecular flexibility index (Phi) is 7.41. The summed E-state index contributed by atoms with van der Waals surface area (Å²) in [7, 11) is -3.57. The summed E-state index contributed by atoms with van der Waals surface area (Å²) < 4.78 is 32.7. The van der Waals surface area contributed by atoms with E-state index in [1.54, 1.807) is 17.0 Å². The average molecular weight is 560 g/mol. The van der Waals surface area contributed by atoms with Crippen molar-refractivity contribution < 1.29 is 17.7 Å². The Morgan fingerprint density at radius 3 is 2.58 bits per heavy atom. The topological polar surface area (TPSA) is 99.8 Å². The van der Waals surface area contributed by atoms with Gasteiger partial charge >= 0.3 is 0 Å². The van der Waals surface area contributed by atoms with Gasteiger partial charge in [0.2, 0.25) is 10.0 Å². The van der Waals surface area contributed by atoms with E-state index in [0.717, 1.165) is 24.1 Å². The molecule has 1 aromatic carbocycles. The van der Waals surface area contributed by atoms with Crippen LogP contribution in [0.2, 0.25) is 5.02 Å². The summed E-state index contributed by atoms with van der Waals surface area (Å²) in [5.74, 6) is 0.182. The first-order valence-electron chi connectivity index (χ1n) is 13.1. The normalized spacial score (nSPS) is 18.1. The Morgan fingerprint density at radius 2 is 1.89 bits per heavy atom. The molecule has 0 bridgehead atoms. The fourth-order valence-electron chi connectivity index (χ4n) is 5.16. The molecule has 1 fully saturated rings. The fraction of sp³-hybridized carbons (Fsp3) is 0.519. The van der Waals surface area contributed by atoms with Crippen LogP contribution >= 0.6 is 11.6 Å². The molecule has 9 nitrogen and oxygen atoms in total. The Balaban J connectivity index is 1.61. The van der Waals surface area contributed by atoms with Crippen molar-refractivity contribution in [2.24, 2.45) is 0 Å². The number of benzene rings is 1. The molecule has 2 aliphatic rings. The minimum Gasteiger partial charge on any atom is -0.336 e. The number of rotatable bonds is 4. The predicted molar refractivity (Wildman–Crippen MR) is 148 cm³/mol. The Bertz CT molecular complexity index is 1470. The Morgan fingerprint density at radius 1 is 1.13 bits per heavy atom. The molecule has 0 atom stereocenters. The highest BCUT2D eigenvalue weighted by Crippen LogP contribution is 2.41. The highest BCUT2D eigenvalue weighted by atomic mass is 35.5. The minimum absolute atomic E-state index is 0.152. The van der Waals surface area contributed by atoms with Gasteiger partial charge in [-0.25, -0.2) is 13.4 Å². The standard InChI is InChI=1S/C27H34ClN5O4S/c1-17(2)31-10-5-11-33(38(4,35)36)24-14-21(28)9-8-20(24)16-32(13-12-31)27(34)22-15-23(19-6-7-19)29-26-25(22)18(3)30-37-26/h8-9,14-15,17,19H,5-7,10-13,16H2,1-4H3. The number of hydrogen-bond acceptors (Lipinski definition) is 7. The van der Waals surface area contributed by atoms with Gasteiger partial charge in [-0.1, -0.05) is 22.8 Å². The molecule has 11 heteroatoms. The third-order valence-corrected chi connectivity index (χ3v) is 8.84. The minimum atomic E-state index is -3.57. The number of amides is 1. The van der Waals surface area contributed by atoms with Crippen molar-refractivity contribution in [2.45, 2.75) is 58.5 Å². The van der Waals surface area contributed by atoms with Gasteiger partial charge in [-0.2, -0.15) is 0 Å². The molecule has 3 heterocycles. The van der Waals surface area contributed by atoms with Gasteiger partial charge in [0.25, 0.3) is 11.6 Å². The third-order valence-electron chi connectivity index (χ3n) is 7.42. The van der Waals surface area contributed by atoms with Crippen LogP contribution in [0.1, 0.15) is 66.3 Å². The SMILES string of the molecule is Cc1noc2nc(C3CC3)cc(C(=O)N3CCN(C(C)C)CCCN(S(C)(=O)=O)c4cc(Cl)ccc4C3)c12. The third kappa shape index (κ3) is 5.53. The average Bonchev–Trinajstić information content (AvgIpc) is 3.64. The molecule has 0 saturated heterocycles. The number of nitrogens with zero attached hydrogens (tertiary/aromatic N) is 5. The first-order valence-corrected chi connectivity index (χ1v) is 15.3. The van der Waals surface area contributed by atoms with Crippen LogP contribution in [-0.2, 0) is 16.6 Å². The maximum Gasteiger partial charge on any atom is 0.259 e. The highest BCUT2D eigenvalue weighted by Gasteiger charge is 2.31. The summed E-state index contributed by atoms with van der Waals surface area (Å²) >= 11 is 6.34. The van der Waals surface area contributed by atoms with Crippen LogP contribution in [0.5, 0.6) is 0 Å². The van der Waals surface area contributed by atoms with E-state index in [1.165, 1.54) is 10.6 Å². The molecule has 0 N–H and O–H groups in total. The quantitative estimate of drug-likeness (QED) is 0.461. The zero-order valence-electron chi connectivity index (χ0n) is 22.3. The van der Waals surface area contributed by atoms with Gasteiger partial charge in [-0.3, -0.25) is 14.0 Å². The number of hydrogen-bond donors (Lipinski definition) is 0. The molecule has 0 radical (unpaired) electrons. The lowest BCUT2D eigenvalue weighted by molar-refractivity contribution is 0.0713. The number of carbonyl (C=O) groups is 1. The van der Waals surface area contributed by atoms with Crippen LogP contribution in [0, 0.1) is 6.92 Å². The molecule has 5 rings (SSSR count). The number of aromatic nitrogens is 2. The first kappa shape index (κ1) is 26.9. The number of sulfonamides is 1. The summed E-state index contributed by atoms with van der Waals surface area (Å²) in [6.45, 7) is 8.46. The second-order valence-electron chi connectivity index (χ2n) is 10.6. The number of carbonyl (C=O) groups excluding carboxylic acids is 1. The largest absolute Gasteiger partial charge is 0.336 e. The molecule has 1 aliphatic carbocycles. The molecular weight excluding hydrogens is 526 g/mol. The lowest BCUT2D eigenvalue weighted by atomic mass is 10.1. The van der Waals surface area contributed by atoms with Crippen molar-refractivity contribution in [3.63, 3.8) is 0 Å². The zero-order chi connectivity index (χ0) is 27.2. The lowest BCUT2D eigenvalue weighted by Crippen LogP contribution is -2.41. The van der Waals surface area contributed by atoms with Gasteiger partial charge in [0.15, 0.2) is 0 Å². The second kappa shape index (κ2) is 10.5. The molecule has 204 valence electrons. The maximum absolute atomic E-state index is 14.3. The molecule has 1 amide bonds. The van der Waals surface area contributed by atoms with Gasteiger partial charge < -0.3 is 9.42 Å². The molecule has 1 saturated carbocycles. The highest BCUT2D eigenvalue weighted by molar-refractivity contribution is 7.92. The predicted octanol–water partition coefficient (Wildman–Crippen LogP) is 4.58. The van der Waals surface area contributed by atoms with Crippen LogP contribution in [0.15, 0.2) is 28.8 Å². The van der Waals surface area contributed by atoms with E-state index in [1.807, 2.05) is 19.1 Å². The number of aryl methyl sites for hydroxylation is 1. The first-order chi connectivity index (χ1) is 18.0. The van der Waals surface area contributed by atoms with Crippen molar-refractivity contribution >= 4 is 44.3 Å². The van der Waals surface area contributed by atoms with E-state index in [0.29, 0.717) is 71.6 Å². The van der Waals surface area contributed by atoms with Crippen LogP contribution in [-0.4, -0.2) is 72.7 Å². The van der Waals surface area contributed by atoms with Crippen LogP contribution in [0.4, 0.5) is 5.69 Å². The van der Waals surface area contributed by atoms with Gasteiger partial charge in [-0.15, -0.1) is 0 Å². The van der Waals surface area contributed by atoms with E-state index in [4.69, 9.17) is 16.1 Å². The molecule has 3 aromatic rings. The summed E-state index contributed by atoms with van der Waals surface area (Å²) in [6, 6.07) is 7.37. The summed E-state index contributed by atoms with van der Waals surface area (Å²) in [5.41, 5.74) is 3.62. The summed E-state index contributed by atoms with van der Waals surface area (Å²) in [6.07, 6.45) is 3.95. The molecule has 0 unspecified atom stereocenters. The van der Waals surface area contributed by atoms with E-state index >= 15 is 0 Å². The second-order valence-corrected chi connectivity index (χ2v) is 13.0. The van der Waals surface area contributed by atoms with E-state index in [9.17, 15) is 13.2 Å². The van der Waals surface area contributed by atoms with E-state index < -0.39 is 10.0 Å². The van der Waals surface area contributed by atoms with Crippen LogP contribution in [0.3, 0.4) is 0 Å². The molecule has 38 heavy (non-hydrogen) atoms. The van der Waals surface area contributed by atoms with Gasteiger partial charge in [-0.05, 0) is 63.8 Å². The van der Waals surface area contributed by atoms with Gasteiger partial charge in [0.05, 0.1) is 28.6 Å². The molecule has 1 aliphatic heterocycles. The van der Waals surface area contributed by atoms with Crippen molar-refractivity contribution in [1.29, 1.82) is 0 Å². The number of halogens is 1. The molecule has 2 aromatic heterocycles. The summed E-state index contributed by atoms with van der Waals surface area (Å²) in [4.78, 5) is 23.0.